The molecule has 27 heavy (non-hydrogen) atoms. The van der Waals surface area contributed by atoms with Crippen LogP contribution in [0, 0.1) is 5.92 Å². The molecule has 0 saturated carbocycles. The van der Waals surface area contributed by atoms with Gasteiger partial charge in [-0.15, -0.1) is 0 Å². The highest BCUT2D eigenvalue weighted by atomic mass is 32.1. The van der Waals surface area contributed by atoms with Gasteiger partial charge in [-0.25, -0.2) is 4.98 Å². The van der Waals surface area contributed by atoms with Gasteiger partial charge in [0.25, 0.3) is 0 Å². The second-order valence-corrected chi connectivity index (χ2v) is 7.69. The molecule has 140 valence electrons. The monoisotopic (exact) mass is 381 g/mol. The molecule has 2 aromatic carbocycles. The van der Waals surface area contributed by atoms with Gasteiger partial charge in [-0.05, 0) is 37.1 Å². The van der Waals surface area contributed by atoms with Crippen LogP contribution in [0.25, 0.3) is 10.2 Å². The average molecular weight is 382 g/mol. The van der Waals surface area contributed by atoms with Crippen LogP contribution in [0.2, 0.25) is 0 Å². The first-order chi connectivity index (χ1) is 13.3. The van der Waals surface area contributed by atoms with E-state index < -0.39 is 0 Å². The number of fused-ring (bicyclic) bond motifs is 1. The molecule has 2 heterocycles. The molecule has 3 aromatic rings. The molecule has 0 unspecified atom stereocenters. The minimum Gasteiger partial charge on any atom is -0.492 e. The van der Waals surface area contributed by atoms with Gasteiger partial charge in [0.05, 0.1) is 16.8 Å². The number of carbonyl (C=O) groups excluding carboxylic acids is 1. The lowest BCUT2D eigenvalue weighted by atomic mass is 9.96. The van der Waals surface area contributed by atoms with Gasteiger partial charge in [-0.3, -0.25) is 4.79 Å². The van der Waals surface area contributed by atoms with Gasteiger partial charge in [-0.1, -0.05) is 41.7 Å². The largest absolute Gasteiger partial charge is 0.492 e. The number of rotatable bonds is 6. The van der Waals surface area contributed by atoms with Crippen molar-refractivity contribution in [3.8, 4) is 5.75 Å². The number of aromatic nitrogens is 1. The van der Waals surface area contributed by atoms with Crippen LogP contribution in [0.1, 0.15) is 12.8 Å². The molecule has 4 rings (SSSR count). The molecule has 0 spiro atoms. The van der Waals surface area contributed by atoms with E-state index in [4.69, 9.17) is 9.72 Å². The van der Waals surface area contributed by atoms with E-state index in [2.05, 4.69) is 16.3 Å². The summed E-state index contributed by atoms with van der Waals surface area (Å²) in [4.78, 5) is 19.4. The highest BCUT2D eigenvalue weighted by Gasteiger charge is 2.26. The molecule has 1 aliphatic rings. The van der Waals surface area contributed by atoms with Gasteiger partial charge in [0.2, 0.25) is 5.91 Å². The first kappa shape index (κ1) is 17.8. The van der Waals surface area contributed by atoms with Gasteiger partial charge in [0.15, 0.2) is 5.13 Å². The van der Waals surface area contributed by atoms with Gasteiger partial charge < -0.3 is 15.0 Å². The lowest BCUT2D eigenvalue weighted by Gasteiger charge is -2.31. The Labute approximate surface area is 163 Å². The van der Waals surface area contributed by atoms with Gasteiger partial charge >= 0.3 is 0 Å². The van der Waals surface area contributed by atoms with Crippen molar-refractivity contribution in [1.29, 1.82) is 0 Å². The SMILES string of the molecule is O=C(NCCOc1ccccc1)C1CCN(c2nc3ccccc3s2)CC1. The molecule has 0 radical (unpaired) electrons. The normalized spacial score (nSPS) is 15.0. The Kier molecular flexibility index (Phi) is 5.53. The molecule has 1 saturated heterocycles. The first-order valence-corrected chi connectivity index (χ1v) is 10.2. The Bertz CT molecular complexity index is 856. The smallest absolute Gasteiger partial charge is 0.223 e. The summed E-state index contributed by atoms with van der Waals surface area (Å²) in [5, 5.41) is 4.06. The van der Waals surface area contributed by atoms with Crippen molar-refractivity contribution >= 4 is 32.6 Å². The molecule has 1 fully saturated rings. The summed E-state index contributed by atoms with van der Waals surface area (Å²) in [7, 11) is 0. The zero-order valence-corrected chi connectivity index (χ0v) is 16.0. The van der Waals surface area contributed by atoms with Crippen LogP contribution in [0.5, 0.6) is 5.75 Å². The minimum absolute atomic E-state index is 0.0763. The summed E-state index contributed by atoms with van der Waals surface area (Å²) >= 11 is 1.73. The van der Waals surface area contributed by atoms with Crippen LogP contribution >= 0.6 is 11.3 Å². The maximum atomic E-state index is 12.4. The van der Waals surface area contributed by atoms with E-state index in [1.54, 1.807) is 11.3 Å². The number of anilines is 1. The van der Waals surface area contributed by atoms with E-state index in [1.165, 1.54) is 4.70 Å². The molecule has 0 bridgehead atoms. The molecule has 1 aliphatic heterocycles. The lowest BCUT2D eigenvalue weighted by Crippen LogP contribution is -2.41. The molecule has 0 atom stereocenters. The molecule has 1 N–H and O–H groups in total. The quantitative estimate of drug-likeness (QED) is 0.662. The van der Waals surface area contributed by atoms with Crippen molar-refractivity contribution in [3.63, 3.8) is 0 Å². The van der Waals surface area contributed by atoms with Crippen LogP contribution in [0.3, 0.4) is 0 Å². The van der Waals surface area contributed by atoms with Crippen LogP contribution in [-0.4, -0.2) is 37.1 Å². The Hall–Kier alpha value is -2.60. The van der Waals surface area contributed by atoms with Crippen molar-refractivity contribution in [1.82, 2.24) is 10.3 Å². The highest BCUT2D eigenvalue weighted by molar-refractivity contribution is 7.22. The Morgan fingerprint density at radius 2 is 1.85 bits per heavy atom. The fourth-order valence-electron chi connectivity index (χ4n) is 3.33. The van der Waals surface area contributed by atoms with E-state index in [9.17, 15) is 4.79 Å². The predicted molar refractivity (Wildman–Crippen MR) is 110 cm³/mol. The maximum absolute atomic E-state index is 12.4. The standard InChI is InChI=1S/C21H23N3O2S/c25-20(22-12-15-26-17-6-2-1-3-7-17)16-10-13-24(14-11-16)21-23-18-8-4-5-9-19(18)27-21/h1-9,16H,10-15H2,(H,22,25). The number of carbonyl (C=O) groups is 1. The minimum atomic E-state index is 0.0763. The third kappa shape index (κ3) is 4.39. The summed E-state index contributed by atoms with van der Waals surface area (Å²) in [5.74, 6) is 1.04. The molecule has 0 aliphatic carbocycles. The lowest BCUT2D eigenvalue weighted by molar-refractivity contribution is -0.125. The summed E-state index contributed by atoms with van der Waals surface area (Å²) in [6, 6.07) is 17.9. The molecule has 1 aromatic heterocycles. The van der Waals surface area contributed by atoms with Crippen molar-refractivity contribution < 1.29 is 9.53 Å². The summed E-state index contributed by atoms with van der Waals surface area (Å²) in [6.07, 6.45) is 1.72. The highest BCUT2D eigenvalue weighted by Crippen LogP contribution is 2.31. The third-order valence-electron chi connectivity index (χ3n) is 4.83. The Morgan fingerprint density at radius 1 is 1.11 bits per heavy atom. The second kappa shape index (κ2) is 8.39. The number of ether oxygens (including phenoxy) is 1. The molecule has 6 heteroatoms. The van der Waals surface area contributed by atoms with Crippen molar-refractivity contribution in [2.24, 2.45) is 5.92 Å². The zero-order chi connectivity index (χ0) is 18.5. The van der Waals surface area contributed by atoms with E-state index in [1.807, 2.05) is 48.5 Å². The number of para-hydroxylation sites is 2. The van der Waals surface area contributed by atoms with Gasteiger partial charge in [0.1, 0.15) is 12.4 Å². The number of benzene rings is 2. The summed E-state index contributed by atoms with van der Waals surface area (Å²) in [6.45, 7) is 2.77. The number of hydrogen-bond acceptors (Lipinski definition) is 5. The van der Waals surface area contributed by atoms with Crippen molar-refractivity contribution in [2.75, 3.05) is 31.1 Å². The molecule has 1 amide bonds. The van der Waals surface area contributed by atoms with Crippen LogP contribution in [-0.2, 0) is 4.79 Å². The van der Waals surface area contributed by atoms with Crippen LogP contribution in [0.15, 0.2) is 54.6 Å². The topological polar surface area (TPSA) is 54.5 Å². The maximum Gasteiger partial charge on any atom is 0.223 e. The van der Waals surface area contributed by atoms with Gasteiger partial charge in [0, 0.05) is 19.0 Å². The van der Waals surface area contributed by atoms with E-state index >= 15 is 0 Å². The molecular weight excluding hydrogens is 358 g/mol. The second-order valence-electron chi connectivity index (χ2n) is 6.68. The van der Waals surface area contributed by atoms with Crippen LogP contribution < -0.4 is 15.0 Å². The van der Waals surface area contributed by atoms with Crippen molar-refractivity contribution in [3.05, 3.63) is 54.6 Å². The number of nitrogens with one attached hydrogen (secondary N) is 1. The van der Waals surface area contributed by atoms with E-state index in [0.717, 1.165) is 42.3 Å². The molecular formula is C21H23N3O2S. The predicted octanol–water partition coefficient (Wildman–Crippen LogP) is 3.71. The van der Waals surface area contributed by atoms with E-state index in [0.29, 0.717) is 13.2 Å². The summed E-state index contributed by atoms with van der Waals surface area (Å²) in [5.41, 5.74) is 1.05. The zero-order valence-electron chi connectivity index (χ0n) is 15.1. The number of piperidine rings is 1. The molecule has 5 nitrogen and oxygen atoms in total. The fraction of sp³-hybridized carbons (Fsp3) is 0.333. The average Bonchev–Trinajstić information content (AvgIpc) is 3.16. The number of hydrogen-bond donors (Lipinski definition) is 1. The van der Waals surface area contributed by atoms with Gasteiger partial charge in [-0.2, -0.15) is 0 Å². The number of nitrogens with zero attached hydrogens (tertiary/aromatic N) is 2. The first-order valence-electron chi connectivity index (χ1n) is 9.36. The Morgan fingerprint density at radius 3 is 2.63 bits per heavy atom. The van der Waals surface area contributed by atoms with E-state index in [-0.39, 0.29) is 11.8 Å². The fourth-order valence-corrected chi connectivity index (χ4v) is 4.35. The van der Waals surface area contributed by atoms with Crippen molar-refractivity contribution in [2.45, 2.75) is 12.8 Å². The summed E-state index contributed by atoms with van der Waals surface area (Å²) < 4.78 is 6.83. The van der Waals surface area contributed by atoms with Crippen LogP contribution in [0.4, 0.5) is 5.13 Å². The number of amides is 1. The third-order valence-corrected chi connectivity index (χ3v) is 5.93. The number of thiazole rings is 1. The Balaban J connectivity index is 1.22.